The summed E-state index contributed by atoms with van der Waals surface area (Å²) in [5.74, 6) is 0.648. The summed E-state index contributed by atoms with van der Waals surface area (Å²) in [5.41, 5.74) is 2.59. The Morgan fingerprint density at radius 1 is 1.00 bits per heavy atom. The molecule has 0 bridgehead atoms. The van der Waals surface area contributed by atoms with Gasteiger partial charge in [0, 0.05) is 22.2 Å². The summed E-state index contributed by atoms with van der Waals surface area (Å²) in [6.07, 6.45) is 0. The van der Waals surface area contributed by atoms with Crippen LogP contribution in [0.25, 0.3) is 22.8 Å². The maximum atomic E-state index is 11.9. The van der Waals surface area contributed by atoms with Crippen molar-refractivity contribution >= 4 is 23.1 Å². The molecular formula is C17H11N5O2S. The molecular weight excluding hydrogens is 338 g/mol. The quantitative estimate of drug-likeness (QED) is 0.606. The van der Waals surface area contributed by atoms with Crippen LogP contribution in [0.1, 0.15) is 10.5 Å². The maximum Gasteiger partial charge on any atom is 0.277 e. The van der Waals surface area contributed by atoms with Gasteiger partial charge in [0.2, 0.25) is 5.82 Å². The maximum absolute atomic E-state index is 11.9. The first-order valence-corrected chi connectivity index (χ1v) is 8.21. The van der Waals surface area contributed by atoms with E-state index < -0.39 is 0 Å². The van der Waals surface area contributed by atoms with Crippen molar-refractivity contribution in [3.05, 3.63) is 65.7 Å². The normalized spacial score (nSPS) is 10.6. The number of rotatable bonds is 4. The van der Waals surface area contributed by atoms with E-state index in [0.29, 0.717) is 23.1 Å². The number of carbonyl (C=O) groups is 1. The van der Waals surface area contributed by atoms with E-state index in [-0.39, 0.29) is 5.91 Å². The van der Waals surface area contributed by atoms with Gasteiger partial charge in [-0.05, 0) is 35.8 Å². The lowest BCUT2D eigenvalue weighted by molar-refractivity contribution is 0.102. The number of hydrogen-bond acceptors (Lipinski definition) is 7. The zero-order valence-electron chi connectivity index (χ0n) is 12.8. The van der Waals surface area contributed by atoms with Crippen molar-refractivity contribution in [3.8, 4) is 22.8 Å². The van der Waals surface area contributed by atoms with Gasteiger partial charge in [-0.25, -0.2) is 0 Å². The van der Waals surface area contributed by atoms with Crippen LogP contribution in [0.4, 0.5) is 5.69 Å². The molecule has 1 N–H and O–H groups in total. The fourth-order valence-electron chi connectivity index (χ4n) is 2.20. The monoisotopic (exact) mass is 349 g/mol. The van der Waals surface area contributed by atoms with Crippen molar-refractivity contribution in [1.29, 1.82) is 0 Å². The molecule has 0 spiro atoms. The number of aromatic nitrogens is 4. The SMILES string of the molecule is O=C(Nc1ccc(-c2nc(-c3ccccc3)no2)cc1)c1csnn1. The Morgan fingerprint density at radius 2 is 1.80 bits per heavy atom. The van der Waals surface area contributed by atoms with Gasteiger partial charge in [0.25, 0.3) is 11.8 Å². The summed E-state index contributed by atoms with van der Waals surface area (Å²) in [4.78, 5) is 16.3. The Kier molecular flexibility index (Phi) is 4.01. The second-order valence-corrected chi connectivity index (χ2v) is 5.72. The van der Waals surface area contributed by atoms with Crippen molar-refractivity contribution < 1.29 is 9.32 Å². The number of nitrogens with zero attached hydrogens (tertiary/aromatic N) is 4. The molecule has 7 nitrogen and oxygen atoms in total. The first-order valence-electron chi connectivity index (χ1n) is 7.37. The smallest absolute Gasteiger partial charge is 0.277 e. The van der Waals surface area contributed by atoms with E-state index in [0.717, 1.165) is 22.7 Å². The highest BCUT2D eigenvalue weighted by atomic mass is 32.1. The summed E-state index contributed by atoms with van der Waals surface area (Å²) in [6, 6.07) is 16.7. The van der Waals surface area contributed by atoms with Crippen molar-refractivity contribution in [2.45, 2.75) is 0 Å². The minimum Gasteiger partial charge on any atom is -0.334 e. The fourth-order valence-corrected chi connectivity index (χ4v) is 2.64. The molecule has 0 aliphatic carbocycles. The van der Waals surface area contributed by atoms with Crippen molar-refractivity contribution in [2.24, 2.45) is 0 Å². The van der Waals surface area contributed by atoms with E-state index in [9.17, 15) is 4.79 Å². The molecule has 0 atom stereocenters. The lowest BCUT2D eigenvalue weighted by Crippen LogP contribution is -2.12. The molecule has 1 amide bonds. The zero-order valence-corrected chi connectivity index (χ0v) is 13.6. The van der Waals surface area contributed by atoms with Crippen LogP contribution >= 0.6 is 11.5 Å². The van der Waals surface area contributed by atoms with Gasteiger partial charge >= 0.3 is 0 Å². The highest BCUT2D eigenvalue weighted by molar-refractivity contribution is 7.03. The third-order valence-corrected chi connectivity index (χ3v) is 3.95. The van der Waals surface area contributed by atoms with Crippen LogP contribution < -0.4 is 5.32 Å². The second kappa shape index (κ2) is 6.62. The highest BCUT2D eigenvalue weighted by Crippen LogP contribution is 2.23. The van der Waals surface area contributed by atoms with E-state index >= 15 is 0 Å². The molecule has 0 fully saturated rings. The molecule has 0 radical (unpaired) electrons. The molecule has 0 saturated carbocycles. The molecule has 0 saturated heterocycles. The summed E-state index contributed by atoms with van der Waals surface area (Å²) in [5, 5.41) is 12.1. The Labute approximate surface area is 146 Å². The van der Waals surface area contributed by atoms with Crippen molar-refractivity contribution in [3.63, 3.8) is 0 Å². The van der Waals surface area contributed by atoms with Gasteiger partial charge < -0.3 is 9.84 Å². The number of carbonyl (C=O) groups excluding carboxylic acids is 1. The van der Waals surface area contributed by atoms with Crippen LogP contribution in [0.15, 0.2) is 64.5 Å². The number of benzene rings is 2. The van der Waals surface area contributed by atoms with Gasteiger partial charge in [-0.15, -0.1) is 5.10 Å². The van der Waals surface area contributed by atoms with Crippen LogP contribution in [-0.2, 0) is 0 Å². The summed E-state index contributed by atoms with van der Waals surface area (Å²) in [7, 11) is 0. The lowest BCUT2D eigenvalue weighted by Gasteiger charge is -2.03. The van der Waals surface area contributed by atoms with Gasteiger partial charge in [0.05, 0.1) is 0 Å². The molecule has 122 valence electrons. The first-order chi connectivity index (χ1) is 12.3. The van der Waals surface area contributed by atoms with Crippen LogP contribution in [0, 0.1) is 0 Å². The van der Waals surface area contributed by atoms with Gasteiger partial charge in [0.1, 0.15) is 0 Å². The van der Waals surface area contributed by atoms with E-state index in [1.54, 1.807) is 29.6 Å². The number of hydrogen-bond donors (Lipinski definition) is 1. The zero-order chi connectivity index (χ0) is 17.1. The molecule has 2 heterocycles. The van der Waals surface area contributed by atoms with Crippen LogP contribution in [0.5, 0.6) is 0 Å². The third-order valence-electron chi connectivity index (χ3n) is 3.44. The fraction of sp³-hybridized carbons (Fsp3) is 0. The highest BCUT2D eigenvalue weighted by Gasteiger charge is 2.12. The topological polar surface area (TPSA) is 93.8 Å². The average Bonchev–Trinajstić information content (AvgIpc) is 3.35. The predicted octanol–water partition coefficient (Wildman–Crippen LogP) is 3.51. The molecule has 2 aromatic heterocycles. The van der Waals surface area contributed by atoms with Crippen LogP contribution in [-0.4, -0.2) is 25.6 Å². The summed E-state index contributed by atoms with van der Waals surface area (Å²) >= 11 is 1.13. The van der Waals surface area contributed by atoms with Crippen LogP contribution in [0.3, 0.4) is 0 Å². The minimum atomic E-state index is -0.300. The Hall–Kier alpha value is -3.39. The predicted molar refractivity (Wildman–Crippen MR) is 93.0 cm³/mol. The summed E-state index contributed by atoms with van der Waals surface area (Å²) in [6.45, 7) is 0. The first kappa shape index (κ1) is 15.2. The molecule has 4 aromatic rings. The minimum absolute atomic E-state index is 0.290. The second-order valence-electron chi connectivity index (χ2n) is 5.11. The lowest BCUT2D eigenvalue weighted by atomic mass is 10.2. The Balaban J connectivity index is 1.51. The van der Waals surface area contributed by atoms with Gasteiger partial charge in [-0.1, -0.05) is 40.0 Å². The molecule has 4 rings (SSSR count). The van der Waals surface area contributed by atoms with E-state index in [4.69, 9.17) is 4.52 Å². The summed E-state index contributed by atoms with van der Waals surface area (Å²) < 4.78 is 8.99. The molecule has 0 unspecified atom stereocenters. The average molecular weight is 349 g/mol. The van der Waals surface area contributed by atoms with Gasteiger partial charge in [-0.2, -0.15) is 4.98 Å². The van der Waals surface area contributed by atoms with Crippen LogP contribution in [0.2, 0.25) is 0 Å². The van der Waals surface area contributed by atoms with Crippen molar-refractivity contribution in [1.82, 2.24) is 19.7 Å². The molecule has 0 aliphatic heterocycles. The van der Waals surface area contributed by atoms with E-state index in [2.05, 4.69) is 25.0 Å². The van der Waals surface area contributed by atoms with Gasteiger partial charge in [0.15, 0.2) is 5.69 Å². The van der Waals surface area contributed by atoms with Gasteiger partial charge in [-0.3, -0.25) is 4.79 Å². The number of nitrogens with one attached hydrogen (secondary N) is 1. The Morgan fingerprint density at radius 3 is 2.52 bits per heavy atom. The van der Waals surface area contributed by atoms with E-state index in [1.165, 1.54) is 0 Å². The standard InChI is InChI=1S/C17H11N5O2S/c23-16(14-10-25-22-20-14)18-13-8-6-12(7-9-13)17-19-15(21-24-17)11-4-2-1-3-5-11/h1-10H,(H,18,23). The molecule has 2 aromatic carbocycles. The molecule has 25 heavy (non-hydrogen) atoms. The largest absolute Gasteiger partial charge is 0.334 e. The third kappa shape index (κ3) is 3.29. The number of amides is 1. The van der Waals surface area contributed by atoms with E-state index in [1.807, 2.05) is 30.3 Å². The molecule has 0 aliphatic rings. The number of anilines is 1. The van der Waals surface area contributed by atoms with Crippen molar-refractivity contribution in [2.75, 3.05) is 5.32 Å². The Bertz CT molecular complexity index is 982. The molecule has 8 heteroatoms.